The van der Waals surface area contributed by atoms with Crippen molar-refractivity contribution in [3.8, 4) is 5.75 Å². The van der Waals surface area contributed by atoms with Crippen molar-refractivity contribution in [3.05, 3.63) is 29.8 Å². The smallest absolute Gasteiger partial charge is 0.258 e. The Bertz CT molecular complexity index is 805. The second-order valence-electron chi connectivity index (χ2n) is 9.18. The third-order valence-corrected chi connectivity index (χ3v) is 7.34. The zero-order chi connectivity index (χ0) is 19.4. The van der Waals surface area contributed by atoms with Gasteiger partial charge in [-0.15, -0.1) is 0 Å². The van der Waals surface area contributed by atoms with Crippen LogP contribution in [-0.4, -0.2) is 36.8 Å². The van der Waals surface area contributed by atoms with E-state index < -0.39 is 5.72 Å². The Hall–Kier alpha value is -2.08. The van der Waals surface area contributed by atoms with Crippen LogP contribution in [0.25, 0.3) is 0 Å². The quantitative estimate of drug-likeness (QED) is 0.840. The average Bonchev–Trinajstić information content (AvgIpc) is 3.19. The van der Waals surface area contributed by atoms with Gasteiger partial charge in [0, 0.05) is 31.4 Å². The van der Waals surface area contributed by atoms with Gasteiger partial charge in [-0.1, -0.05) is 19.1 Å². The van der Waals surface area contributed by atoms with E-state index in [0.29, 0.717) is 24.3 Å². The predicted molar refractivity (Wildman–Crippen MR) is 103 cm³/mol. The van der Waals surface area contributed by atoms with Gasteiger partial charge in [-0.2, -0.15) is 0 Å². The minimum Gasteiger partial charge on any atom is -0.467 e. The molecule has 0 aromatic heterocycles. The van der Waals surface area contributed by atoms with E-state index in [1.165, 1.54) is 0 Å². The number of hydrogen-bond donors (Lipinski definition) is 2. The van der Waals surface area contributed by atoms with Crippen molar-refractivity contribution in [3.63, 3.8) is 0 Å². The Labute approximate surface area is 165 Å². The molecule has 1 aromatic carbocycles. The van der Waals surface area contributed by atoms with Gasteiger partial charge in [0.2, 0.25) is 5.91 Å². The molecule has 2 amide bonds. The first-order valence-electron chi connectivity index (χ1n) is 10.5. The molecule has 6 nitrogen and oxygen atoms in total. The molecule has 2 aliphatic heterocycles. The second-order valence-corrected chi connectivity index (χ2v) is 9.18. The van der Waals surface area contributed by atoms with Crippen LogP contribution in [0.2, 0.25) is 0 Å². The van der Waals surface area contributed by atoms with Gasteiger partial charge in [-0.3, -0.25) is 9.59 Å². The summed E-state index contributed by atoms with van der Waals surface area (Å²) in [5, 5.41) is 6.30. The largest absolute Gasteiger partial charge is 0.467 e. The van der Waals surface area contributed by atoms with E-state index in [4.69, 9.17) is 9.47 Å². The molecule has 4 fully saturated rings. The van der Waals surface area contributed by atoms with Crippen LogP contribution in [0.5, 0.6) is 5.75 Å². The lowest BCUT2D eigenvalue weighted by Crippen LogP contribution is -2.69. The minimum atomic E-state index is -0.691. The summed E-state index contributed by atoms with van der Waals surface area (Å²) in [5.74, 6) is 0.806. The minimum absolute atomic E-state index is 0.0454. The van der Waals surface area contributed by atoms with E-state index in [2.05, 4.69) is 17.6 Å². The summed E-state index contributed by atoms with van der Waals surface area (Å²) in [6.07, 6.45) is 5.62. The number of nitrogens with one attached hydrogen (secondary N) is 2. The Morgan fingerprint density at radius 2 is 2.18 bits per heavy atom. The Morgan fingerprint density at radius 1 is 1.32 bits per heavy atom. The molecule has 5 aliphatic rings. The molecule has 1 aromatic rings. The Morgan fingerprint density at radius 3 is 2.96 bits per heavy atom. The number of ether oxygens (including phenoxy) is 2. The molecule has 6 heteroatoms. The van der Waals surface area contributed by atoms with Crippen molar-refractivity contribution in [2.75, 3.05) is 13.2 Å². The van der Waals surface area contributed by atoms with Crippen molar-refractivity contribution in [2.24, 2.45) is 17.3 Å². The van der Waals surface area contributed by atoms with Gasteiger partial charge < -0.3 is 20.1 Å². The van der Waals surface area contributed by atoms with Gasteiger partial charge in [0.1, 0.15) is 5.75 Å². The highest BCUT2D eigenvalue weighted by Crippen LogP contribution is 2.58. The van der Waals surface area contributed by atoms with Crippen LogP contribution in [0.1, 0.15) is 55.8 Å². The van der Waals surface area contributed by atoms with Crippen molar-refractivity contribution in [1.82, 2.24) is 10.6 Å². The first kappa shape index (κ1) is 18.0. The standard InChI is InChI=1S/C22H28N2O4/c1-21-9-8-14(11-17(21)20(26)23-12-15-5-4-10-27-15)22(13-21)24-19(25)16-6-2-3-7-18(16)28-22/h2-3,6-7,14-15,17H,4-5,8-13H2,1H3,(H,23,26)(H,24,25)/t14-,15+,17-,21-,22+/m1/s1. The summed E-state index contributed by atoms with van der Waals surface area (Å²) in [5.41, 5.74) is -0.288. The molecule has 6 rings (SSSR count). The highest BCUT2D eigenvalue weighted by atomic mass is 16.5. The lowest BCUT2D eigenvalue weighted by atomic mass is 9.52. The van der Waals surface area contributed by atoms with Crippen LogP contribution in [0.15, 0.2) is 24.3 Å². The van der Waals surface area contributed by atoms with Crippen molar-refractivity contribution >= 4 is 11.8 Å². The number of hydrogen-bond acceptors (Lipinski definition) is 4. The van der Waals surface area contributed by atoms with Crippen LogP contribution in [0.4, 0.5) is 0 Å². The fraction of sp³-hybridized carbons (Fsp3) is 0.636. The molecule has 3 saturated carbocycles. The normalized spacial score (nSPS) is 38.6. The number of rotatable bonds is 3. The molecule has 0 radical (unpaired) electrons. The molecule has 1 spiro atoms. The van der Waals surface area contributed by atoms with Gasteiger partial charge in [0.15, 0.2) is 5.72 Å². The maximum atomic E-state index is 13.0. The zero-order valence-corrected chi connectivity index (χ0v) is 16.3. The summed E-state index contributed by atoms with van der Waals surface area (Å²) in [6.45, 7) is 3.57. The Balaban J connectivity index is 1.34. The molecule has 0 unspecified atom stereocenters. The SMILES string of the molecule is C[C@]12CC[C@H](C[C@@H]1C(=O)NC[C@@H]1CCCO1)[C@@]1(C2)NC(=O)c2ccccc2O1. The van der Waals surface area contributed by atoms with Gasteiger partial charge in [0.25, 0.3) is 5.91 Å². The van der Waals surface area contributed by atoms with Gasteiger partial charge >= 0.3 is 0 Å². The summed E-state index contributed by atoms with van der Waals surface area (Å²) in [6, 6.07) is 7.41. The number of para-hydroxylation sites is 1. The van der Waals surface area contributed by atoms with Crippen LogP contribution in [0, 0.1) is 17.3 Å². The van der Waals surface area contributed by atoms with E-state index in [-0.39, 0.29) is 35.2 Å². The molecule has 2 heterocycles. The molecule has 28 heavy (non-hydrogen) atoms. The summed E-state index contributed by atoms with van der Waals surface area (Å²) in [4.78, 5) is 25.7. The predicted octanol–water partition coefficient (Wildman–Crippen LogP) is 2.63. The summed E-state index contributed by atoms with van der Waals surface area (Å²) >= 11 is 0. The fourth-order valence-electron chi connectivity index (χ4n) is 5.80. The number of carbonyl (C=O) groups is 2. The highest BCUT2D eigenvalue weighted by Gasteiger charge is 2.61. The molecule has 5 atom stereocenters. The van der Waals surface area contributed by atoms with E-state index in [1.807, 2.05) is 18.2 Å². The average molecular weight is 384 g/mol. The molecule has 3 aliphatic carbocycles. The van der Waals surface area contributed by atoms with E-state index in [1.54, 1.807) is 6.07 Å². The van der Waals surface area contributed by atoms with Crippen LogP contribution < -0.4 is 15.4 Å². The maximum absolute atomic E-state index is 13.0. The zero-order valence-electron chi connectivity index (χ0n) is 16.3. The van der Waals surface area contributed by atoms with E-state index in [0.717, 1.165) is 38.7 Å². The second kappa shape index (κ2) is 6.48. The molecule has 150 valence electrons. The number of carbonyl (C=O) groups excluding carboxylic acids is 2. The molecular formula is C22H28N2O4. The topological polar surface area (TPSA) is 76.7 Å². The van der Waals surface area contributed by atoms with Crippen LogP contribution in [0.3, 0.4) is 0 Å². The van der Waals surface area contributed by atoms with Crippen molar-refractivity contribution in [2.45, 2.75) is 57.3 Å². The van der Waals surface area contributed by atoms with Gasteiger partial charge in [-0.05, 0) is 49.7 Å². The third-order valence-electron chi connectivity index (χ3n) is 7.34. The van der Waals surface area contributed by atoms with Crippen molar-refractivity contribution < 1.29 is 19.1 Å². The first-order chi connectivity index (χ1) is 13.5. The molecule has 2 bridgehead atoms. The highest BCUT2D eigenvalue weighted by molar-refractivity contribution is 5.98. The lowest BCUT2D eigenvalue weighted by molar-refractivity contribution is -0.167. The molecule has 1 saturated heterocycles. The third kappa shape index (κ3) is 2.81. The molecular weight excluding hydrogens is 356 g/mol. The van der Waals surface area contributed by atoms with Gasteiger partial charge in [-0.25, -0.2) is 0 Å². The van der Waals surface area contributed by atoms with E-state index in [9.17, 15) is 9.59 Å². The van der Waals surface area contributed by atoms with Gasteiger partial charge in [0.05, 0.1) is 11.7 Å². The number of amides is 2. The lowest BCUT2D eigenvalue weighted by Gasteiger charge is -2.59. The summed E-state index contributed by atoms with van der Waals surface area (Å²) < 4.78 is 12.0. The monoisotopic (exact) mass is 384 g/mol. The number of benzene rings is 1. The van der Waals surface area contributed by atoms with Crippen LogP contribution in [-0.2, 0) is 9.53 Å². The van der Waals surface area contributed by atoms with Crippen molar-refractivity contribution in [1.29, 1.82) is 0 Å². The van der Waals surface area contributed by atoms with Crippen LogP contribution >= 0.6 is 0 Å². The van der Waals surface area contributed by atoms with E-state index >= 15 is 0 Å². The fourth-order valence-corrected chi connectivity index (χ4v) is 5.80. The first-order valence-corrected chi connectivity index (χ1v) is 10.5. The maximum Gasteiger partial charge on any atom is 0.258 e. The number of fused-ring (bicyclic) bond motifs is 3. The molecule has 2 N–H and O–H groups in total. The summed E-state index contributed by atoms with van der Waals surface area (Å²) in [7, 11) is 0. The Kier molecular flexibility index (Phi) is 4.16.